The maximum Gasteiger partial charge on any atom is 0.229 e. The second-order valence-electron chi connectivity index (χ2n) is 5.73. The molecule has 1 amide bonds. The Morgan fingerprint density at radius 1 is 1.40 bits per heavy atom. The Labute approximate surface area is 122 Å². The summed E-state index contributed by atoms with van der Waals surface area (Å²) >= 11 is 6.06. The average Bonchev–Trinajstić information content (AvgIpc) is 3.01. The van der Waals surface area contributed by atoms with E-state index < -0.39 is 0 Å². The third-order valence-corrected chi connectivity index (χ3v) is 4.97. The predicted octanol–water partition coefficient (Wildman–Crippen LogP) is 2.52. The Bertz CT molecular complexity index is 593. The molecule has 0 saturated heterocycles. The summed E-state index contributed by atoms with van der Waals surface area (Å²) in [5.41, 5.74) is 7.13. The van der Waals surface area contributed by atoms with Crippen LogP contribution >= 0.6 is 11.6 Å². The molecule has 4 nitrogen and oxygen atoms in total. The molecule has 2 aliphatic carbocycles. The number of benzene rings is 1. The van der Waals surface area contributed by atoms with Gasteiger partial charge in [0.2, 0.25) is 5.91 Å². The summed E-state index contributed by atoms with van der Waals surface area (Å²) in [5.74, 6) is 0.682. The lowest BCUT2D eigenvalue weighted by atomic mass is 9.84. The summed E-state index contributed by atoms with van der Waals surface area (Å²) in [6, 6.07) is 6.83. The maximum absolute atomic E-state index is 12.4. The molecule has 2 bridgehead atoms. The number of hydrogen-bond donors (Lipinski definition) is 2. The van der Waals surface area contributed by atoms with E-state index in [1.54, 1.807) is 18.2 Å². The van der Waals surface area contributed by atoms with Gasteiger partial charge in [-0.2, -0.15) is 5.26 Å². The SMILES string of the molecule is N#Cc1ccc(Cl)c(NC(=O)C2C3CCC(C3)C2N)c1. The summed E-state index contributed by atoms with van der Waals surface area (Å²) in [4.78, 5) is 12.4. The molecule has 0 aliphatic heterocycles. The third-order valence-electron chi connectivity index (χ3n) is 4.64. The molecule has 4 atom stereocenters. The standard InChI is InChI=1S/C15H16ClN3O/c16-11-4-1-8(7-17)5-12(11)19-15(20)13-9-2-3-10(6-9)14(13)18/h1,4-5,9-10,13-14H,2-3,6,18H2,(H,19,20). The van der Waals surface area contributed by atoms with Crippen LogP contribution in [0.5, 0.6) is 0 Å². The lowest BCUT2D eigenvalue weighted by molar-refractivity contribution is -0.121. The summed E-state index contributed by atoms with van der Waals surface area (Å²) in [6.07, 6.45) is 3.29. The number of halogens is 1. The van der Waals surface area contributed by atoms with E-state index in [4.69, 9.17) is 22.6 Å². The van der Waals surface area contributed by atoms with E-state index in [-0.39, 0.29) is 17.9 Å². The van der Waals surface area contributed by atoms with Crippen molar-refractivity contribution in [2.45, 2.75) is 25.3 Å². The van der Waals surface area contributed by atoms with E-state index in [1.165, 1.54) is 0 Å². The topological polar surface area (TPSA) is 78.9 Å². The number of anilines is 1. The molecule has 0 radical (unpaired) electrons. The van der Waals surface area contributed by atoms with Gasteiger partial charge in [0.1, 0.15) is 0 Å². The van der Waals surface area contributed by atoms with Gasteiger partial charge in [0.25, 0.3) is 0 Å². The molecule has 3 N–H and O–H groups in total. The number of nitrogens with one attached hydrogen (secondary N) is 1. The molecule has 104 valence electrons. The van der Waals surface area contributed by atoms with Gasteiger partial charge < -0.3 is 11.1 Å². The lowest BCUT2D eigenvalue weighted by Gasteiger charge is -2.27. The minimum absolute atomic E-state index is 0.0494. The zero-order valence-electron chi connectivity index (χ0n) is 11.0. The largest absolute Gasteiger partial charge is 0.327 e. The molecule has 1 aromatic carbocycles. The normalized spacial score (nSPS) is 31.1. The van der Waals surface area contributed by atoms with Crippen LogP contribution < -0.4 is 11.1 Å². The van der Waals surface area contributed by atoms with Gasteiger partial charge in [-0.3, -0.25) is 4.79 Å². The van der Waals surface area contributed by atoms with Gasteiger partial charge in [-0.05, 0) is 49.3 Å². The van der Waals surface area contributed by atoms with Crippen LogP contribution in [0.15, 0.2) is 18.2 Å². The van der Waals surface area contributed by atoms with Crippen LogP contribution in [-0.4, -0.2) is 11.9 Å². The maximum atomic E-state index is 12.4. The molecule has 4 unspecified atom stereocenters. The van der Waals surface area contributed by atoms with Crippen LogP contribution in [0.4, 0.5) is 5.69 Å². The second kappa shape index (κ2) is 5.08. The Hall–Kier alpha value is -1.57. The van der Waals surface area contributed by atoms with Crippen molar-refractivity contribution < 1.29 is 4.79 Å². The van der Waals surface area contributed by atoms with Crippen molar-refractivity contribution in [1.29, 1.82) is 5.26 Å². The van der Waals surface area contributed by atoms with Crippen molar-refractivity contribution in [1.82, 2.24) is 0 Å². The predicted molar refractivity (Wildman–Crippen MR) is 77.1 cm³/mol. The van der Waals surface area contributed by atoms with Crippen LogP contribution in [-0.2, 0) is 4.79 Å². The zero-order valence-corrected chi connectivity index (χ0v) is 11.7. The number of carbonyl (C=O) groups excluding carboxylic acids is 1. The number of carbonyl (C=O) groups is 1. The number of fused-ring (bicyclic) bond motifs is 2. The number of amides is 1. The highest BCUT2D eigenvalue weighted by molar-refractivity contribution is 6.33. The zero-order chi connectivity index (χ0) is 14.3. The molecule has 2 aliphatic rings. The first-order valence-corrected chi connectivity index (χ1v) is 7.24. The monoisotopic (exact) mass is 289 g/mol. The molecule has 3 rings (SSSR count). The van der Waals surface area contributed by atoms with Crippen molar-refractivity contribution in [3.63, 3.8) is 0 Å². The highest BCUT2D eigenvalue weighted by atomic mass is 35.5. The summed E-state index contributed by atoms with van der Waals surface area (Å²) in [6.45, 7) is 0. The van der Waals surface area contributed by atoms with Crippen molar-refractivity contribution in [3.8, 4) is 6.07 Å². The molecule has 2 saturated carbocycles. The fourth-order valence-electron chi connectivity index (χ4n) is 3.63. The van der Waals surface area contributed by atoms with Crippen molar-refractivity contribution >= 4 is 23.2 Å². The number of nitrogens with zero attached hydrogens (tertiary/aromatic N) is 1. The third kappa shape index (κ3) is 2.17. The average molecular weight is 290 g/mol. The summed E-state index contributed by atoms with van der Waals surface area (Å²) in [7, 11) is 0. The number of hydrogen-bond acceptors (Lipinski definition) is 3. The molecule has 20 heavy (non-hydrogen) atoms. The van der Waals surface area contributed by atoms with Gasteiger partial charge in [0, 0.05) is 6.04 Å². The van der Waals surface area contributed by atoms with Crippen LogP contribution in [0.25, 0.3) is 0 Å². The van der Waals surface area contributed by atoms with E-state index in [1.807, 2.05) is 6.07 Å². The van der Waals surface area contributed by atoms with Gasteiger partial charge in [0.05, 0.1) is 28.3 Å². The fraction of sp³-hybridized carbons (Fsp3) is 0.467. The van der Waals surface area contributed by atoms with E-state index in [9.17, 15) is 4.79 Å². The highest BCUT2D eigenvalue weighted by Crippen LogP contribution is 2.48. The first-order valence-electron chi connectivity index (χ1n) is 6.86. The molecule has 0 heterocycles. The lowest BCUT2D eigenvalue weighted by Crippen LogP contribution is -2.42. The van der Waals surface area contributed by atoms with E-state index >= 15 is 0 Å². The Balaban J connectivity index is 1.78. The molecule has 0 aromatic heterocycles. The van der Waals surface area contributed by atoms with Crippen LogP contribution in [0.1, 0.15) is 24.8 Å². The minimum Gasteiger partial charge on any atom is -0.327 e. The van der Waals surface area contributed by atoms with Crippen molar-refractivity contribution in [2.24, 2.45) is 23.5 Å². The van der Waals surface area contributed by atoms with Gasteiger partial charge in [-0.15, -0.1) is 0 Å². The molecule has 5 heteroatoms. The number of nitriles is 1. The van der Waals surface area contributed by atoms with Crippen LogP contribution in [0.2, 0.25) is 5.02 Å². The number of nitrogens with two attached hydrogens (primary N) is 1. The first-order chi connectivity index (χ1) is 9.60. The van der Waals surface area contributed by atoms with Crippen LogP contribution in [0, 0.1) is 29.1 Å². The molecular weight excluding hydrogens is 274 g/mol. The van der Waals surface area contributed by atoms with Gasteiger partial charge in [-0.1, -0.05) is 11.6 Å². The van der Waals surface area contributed by atoms with Gasteiger partial charge >= 0.3 is 0 Å². The molecule has 2 fully saturated rings. The van der Waals surface area contributed by atoms with E-state index in [0.29, 0.717) is 28.1 Å². The Morgan fingerprint density at radius 3 is 2.80 bits per heavy atom. The fourth-order valence-corrected chi connectivity index (χ4v) is 3.80. The van der Waals surface area contributed by atoms with Crippen molar-refractivity contribution in [3.05, 3.63) is 28.8 Å². The minimum atomic E-state index is -0.129. The van der Waals surface area contributed by atoms with Gasteiger partial charge in [-0.25, -0.2) is 0 Å². The number of rotatable bonds is 2. The molecular formula is C15H16ClN3O. The summed E-state index contributed by atoms with van der Waals surface area (Å²) < 4.78 is 0. The molecule has 1 aromatic rings. The Morgan fingerprint density at radius 2 is 2.15 bits per heavy atom. The van der Waals surface area contributed by atoms with Crippen LogP contribution in [0.3, 0.4) is 0 Å². The van der Waals surface area contributed by atoms with Gasteiger partial charge in [0.15, 0.2) is 0 Å². The smallest absolute Gasteiger partial charge is 0.229 e. The van der Waals surface area contributed by atoms with Crippen molar-refractivity contribution in [2.75, 3.05) is 5.32 Å². The van der Waals surface area contributed by atoms with E-state index in [2.05, 4.69) is 5.32 Å². The second-order valence-corrected chi connectivity index (χ2v) is 6.14. The summed E-state index contributed by atoms with van der Waals surface area (Å²) in [5, 5.41) is 12.2. The Kier molecular flexibility index (Phi) is 3.41. The van der Waals surface area contributed by atoms with E-state index in [0.717, 1.165) is 19.3 Å². The molecule has 0 spiro atoms. The quantitative estimate of drug-likeness (QED) is 0.878. The highest BCUT2D eigenvalue weighted by Gasteiger charge is 2.49. The first kappa shape index (κ1) is 13.4.